The summed E-state index contributed by atoms with van der Waals surface area (Å²) in [7, 11) is 1.64. The monoisotopic (exact) mass is 267 g/mol. The first-order valence-electron chi connectivity index (χ1n) is 5.26. The van der Waals surface area contributed by atoms with Crippen LogP contribution in [0.1, 0.15) is 22.0 Å². The molecule has 0 aliphatic carbocycles. The third-order valence-corrected chi connectivity index (χ3v) is 3.75. The summed E-state index contributed by atoms with van der Waals surface area (Å²) in [6, 6.07) is 7.40. The molecule has 90 valence electrons. The Morgan fingerprint density at radius 2 is 2.12 bits per heavy atom. The van der Waals surface area contributed by atoms with Crippen LogP contribution in [0.25, 0.3) is 0 Å². The minimum absolute atomic E-state index is 0.200. The van der Waals surface area contributed by atoms with Crippen molar-refractivity contribution in [1.82, 2.24) is 0 Å². The summed E-state index contributed by atoms with van der Waals surface area (Å²) in [4.78, 5) is 1.25. The van der Waals surface area contributed by atoms with Gasteiger partial charge in [-0.15, -0.1) is 11.3 Å². The van der Waals surface area contributed by atoms with E-state index in [2.05, 4.69) is 18.4 Å². The van der Waals surface area contributed by atoms with Gasteiger partial charge in [-0.2, -0.15) is 0 Å². The van der Waals surface area contributed by atoms with Crippen molar-refractivity contribution in [3.8, 4) is 5.75 Å². The molecule has 2 nitrogen and oxygen atoms in total. The predicted molar refractivity (Wildman–Crippen MR) is 73.1 cm³/mol. The molecule has 1 aromatic heterocycles. The van der Waals surface area contributed by atoms with Crippen molar-refractivity contribution in [1.29, 1.82) is 0 Å². The van der Waals surface area contributed by atoms with E-state index in [4.69, 9.17) is 22.1 Å². The number of methoxy groups -OCH3 is 1. The molecule has 1 heterocycles. The van der Waals surface area contributed by atoms with Crippen molar-refractivity contribution in [2.75, 3.05) is 7.11 Å². The molecule has 2 N–H and O–H groups in total. The lowest BCUT2D eigenvalue weighted by Crippen LogP contribution is -2.12. The van der Waals surface area contributed by atoms with E-state index in [9.17, 15) is 0 Å². The molecule has 1 aromatic carbocycles. The van der Waals surface area contributed by atoms with E-state index in [-0.39, 0.29) is 6.04 Å². The zero-order chi connectivity index (χ0) is 12.4. The first kappa shape index (κ1) is 12.4. The Hall–Kier alpha value is -1.03. The quantitative estimate of drug-likeness (QED) is 0.919. The van der Waals surface area contributed by atoms with Gasteiger partial charge in [0.25, 0.3) is 0 Å². The number of halogens is 1. The molecule has 4 heteroatoms. The Bertz CT molecular complexity index is 524. The van der Waals surface area contributed by atoms with Crippen molar-refractivity contribution in [2.45, 2.75) is 13.0 Å². The molecule has 2 rings (SSSR count). The van der Waals surface area contributed by atoms with Crippen molar-refractivity contribution < 1.29 is 4.74 Å². The average molecular weight is 268 g/mol. The predicted octanol–water partition coefficient (Wildman–Crippen LogP) is 3.77. The summed E-state index contributed by atoms with van der Waals surface area (Å²) in [5.41, 5.74) is 8.25. The molecule has 0 saturated carbocycles. The number of benzene rings is 1. The Balaban J connectivity index is 2.42. The van der Waals surface area contributed by atoms with Gasteiger partial charge in [0, 0.05) is 15.5 Å². The van der Waals surface area contributed by atoms with Crippen LogP contribution < -0.4 is 10.5 Å². The molecule has 0 fully saturated rings. The second-order valence-electron chi connectivity index (χ2n) is 3.85. The van der Waals surface area contributed by atoms with Gasteiger partial charge in [0.1, 0.15) is 5.75 Å². The maximum absolute atomic E-state index is 6.24. The van der Waals surface area contributed by atoms with Gasteiger partial charge in [-0.25, -0.2) is 0 Å². The molecule has 2 aromatic rings. The summed E-state index contributed by atoms with van der Waals surface area (Å²) in [5.74, 6) is 0.769. The Kier molecular flexibility index (Phi) is 3.72. The van der Waals surface area contributed by atoms with Crippen molar-refractivity contribution >= 4 is 22.9 Å². The lowest BCUT2D eigenvalue weighted by atomic mass is 10.0. The Labute approximate surface area is 110 Å². The minimum atomic E-state index is -0.200. The van der Waals surface area contributed by atoms with E-state index in [1.807, 2.05) is 12.1 Å². The van der Waals surface area contributed by atoms with Crippen LogP contribution in [0.15, 0.2) is 29.6 Å². The fourth-order valence-electron chi connectivity index (χ4n) is 1.75. The number of nitrogens with two attached hydrogens (primary N) is 1. The standard InChI is InChI=1S/C13H14ClNOS/c1-8-5-9(7-17-8)13(15)11-6-10(14)3-4-12(11)16-2/h3-7,13H,15H2,1-2H3. The second-order valence-corrected chi connectivity index (χ2v) is 5.41. The molecular weight excluding hydrogens is 254 g/mol. The molecule has 17 heavy (non-hydrogen) atoms. The van der Waals surface area contributed by atoms with Crippen LogP contribution >= 0.6 is 22.9 Å². The van der Waals surface area contributed by atoms with Crippen molar-refractivity contribution in [3.63, 3.8) is 0 Å². The zero-order valence-corrected chi connectivity index (χ0v) is 11.3. The van der Waals surface area contributed by atoms with Gasteiger partial charge in [0.15, 0.2) is 0 Å². The summed E-state index contributed by atoms with van der Waals surface area (Å²) in [5, 5.41) is 2.74. The molecule has 0 saturated heterocycles. The Morgan fingerprint density at radius 1 is 1.35 bits per heavy atom. The average Bonchev–Trinajstić information content (AvgIpc) is 2.75. The summed E-state index contributed by atoms with van der Waals surface area (Å²) >= 11 is 7.69. The topological polar surface area (TPSA) is 35.2 Å². The normalized spacial score (nSPS) is 12.5. The van der Waals surface area contributed by atoms with Crippen LogP contribution in [0.4, 0.5) is 0 Å². The number of thiophene rings is 1. The number of hydrogen-bond donors (Lipinski definition) is 1. The van der Waals surface area contributed by atoms with Crippen molar-refractivity contribution in [3.05, 3.63) is 50.7 Å². The Morgan fingerprint density at radius 3 is 2.71 bits per heavy atom. The SMILES string of the molecule is COc1ccc(Cl)cc1C(N)c1csc(C)c1. The summed E-state index contributed by atoms with van der Waals surface area (Å²) in [6.07, 6.45) is 0. The maximum Gasteiger partial charge on any atom is 0.124 e. The van der Waals surface area contributed by atoms with Gasteiger partial charge < -0.3 is 10.5 Å². The third-order valence-electron chi connectivity index (χ3n) is 2.64. The van der Waals surface area contributed by atoms with E-state index >= 15 is 0 Å². The van der Waals surface area contributed by atoms with E-state index in [1.165, 1.54) is 4.88 Å². The first-order chi connectivity index (χ1) is 8.11. The fourth-order valence-corrected chi connectivity index (χ4v) is 2.68. The molecule has 0 aliphatic rings. The van der Waals surface area contributed by atoms with Gasteiger partial charge in [-0.1, -0.05) is 11.6 Å². The molecule has 0 radical (unpaired) electrons. The van der Waals surface area contributed by atoms with E-state index < -0.39 is 0 Å². The van der Waals surface area contributed by atoms with Gasteiger partial charge in [-0.3, -0.25) is 0 Å². The second kappa shape index (κ2) is 5.08. The summed E-state index contributed by atoms with van der Waals surface area (Å²) < 4.78 is 5.31. The van der Waals surface area contributed by atoms with Crippen molar-refractivity contribution in [2.24, 2.45) is 5.73 Å². The zero-order valence-electron chi connectivity index (χ0n) is 9.74. The molecule has 0 bridgehead atoms. The molecule has 1 unspecified atom stereocenters. The molecular formula is C13H14ClNOS. The van der Waals surface area contributed by atoms with E-state index in [0.717, 1.165) is 16.9 Å². The highest BCUT2D eigenvalue weighted by atomic mass is 35.5. The lowest BCUT2D eigenvalue weighted by Gasteiger charge is -2.15. The maximum atomic E-state index is 6.24. The number of ether oxygens (including phenoxy) is 1. The molecule has 0 amide bonds. The van der Waals surface area contributed by atoms with Gasteiger partial charge in [0.2, 0.25) is 0 Å². The highest BCUT2D eigenvalue weighted by Gasteiger charge is 2.15. The minimum Gasteiger partial charge on any atom is -0.496 e. The number of aryl methyl sites for hydroxylation is 1. The lowest BCUT2D eigenvalue weighted by molar-refractivity contribution is 0.408. The van der Waals surface area contributed by atoms with Crippen LogP contribution in [-0.2, 0) is 0 Å². The largest absolute Gasteiger partial charge is 0.496 e. The number of rotatable bonds is 3. The van der Waals surface area contributed by atoms with Crippen LogP contribution in [0.2, 0.25) is 5.02 Å². The molecule has 1 atom stereocenters. The van der Waals surface area contributed by atoms with E-state index in [0.29, 0.717) is 5.02 Å². The number of hydrogen-bond acceptors (Lipinski definition) is 3. The van der Waals surface area contributed by atoms with E-state index in [1.54, 1.807) is 24.5 Å². The molecule has 0 spiro atoms. The summed E-state index contributed by atoms with van der Waals surface area (Å²) in [6.45, 7) is 2.07. The van der Waals surface area contributed by atoms with Gasteiger partial charge in [-0.05, 0) is 42.1 Å². The van der Waals surface area contributed by atoms with Crippen LogP contribution in [0.5, 0.6) is 5.75 Å². The van der Waals surface area contributed by atoms with Gasteiger partial charge >= 0.3 is 0 Å². The highest BCUT2D eigenvalue weighted by Crippen LogP contribution is 2.32. The van der Waals surface area contributed by atoms with Gasteiger partial charge in [0.05, 0.1) is 13.2 Å². The van der Waals surface area contributed by atoms with Crippen LogP contribution in [-0.4, -0.2) is 7.11 Å². The van der Waals surface area contributed by atoms with Crippen LogP contribution in [0.3, 0.4) is 0 Å². The fraction of sp³-hybridized carbons (Fsp3) is 0.231. The first-order valence-corrected chi connectivity index (χ1v) is 6.51. The third kappa shape index (κ3) is 2.63. The smallest absolute Gasteiger partial charge is 0.124 e. The van der Waals surface area contributed by atoms with Crippen LogP contribution in [0, 0.1) is 6.92 Å². The highest BCUT2D eigenvalue weighted by molar-refractivity contribution is 7.10. The molecule has 0 aliphatic heterocycles.